The Morgan fingerprint density at radius 2 is 1.66 bits per heavy atom. The molecule has 0 unspecified atom stereocenters. The number of nitrogens with one attached hydrogen (secondary N) is 1. The molecule has 0 fully saturated rings. The van der Waals surface area contributed by atoms with E-state index in [0.29, 0.717) is 42.6 Å². The molecular formula is C24H29N5O4S2. The molecule has 35 heavy (non-hydrogen) atoms. The molecular weight excluding hydrogens is 486 g/mol. The number of carbonyl (C=O) groups is 2. The van der Waals surface area contributed by atoms with Crippen LogP contribution in [0.5, 0.6) is 0 Å². The third kappa shape index (κ3) is 6.56. The Bertz CT molecular complexity index is 1250. The second kappa shape index (κ2) is 12.1. The summed E-state index contributed by atoms with van der Waals surface area (Å²) in [6.07, 6.45) is 0.485. The Balaban J connectivity index is 1.75. The lowest BCUT2D eigenvalue weighted by Crippen LogP contribution is -2.30. The lowest BCUT2D eigenvalue weighted by Gasteiger charge is -2.18. The molecule has 0 atom stereocenters. The minimum Gasteiger partial charge on any atom is -0.356 e. The average Bonchev–Trinajstić information content (AvgIpc) is 3.26. The summed E-state index contributed by atoms with van der Waals surface area (Å²) >= 11 is 1.25. The highest BCUT2D eigenvalue weighted by atomic mass is 32.2. The van der Waals surface area contributed by atoms with Crippen LogP contribution in [0.25, 0.3) is 5.69 Å². The monoisotopic (exact) mass is 515 g/mol. The van der Waals surface area contributed by atoms with Gasteiger partial charge in [-0.05, 0) is 24.3 Å². The van der Waals surface area contributed by atoms with Gasteiger partial charge in [0, 0.05) is 44.2 Å². The molecule has 0 saturated heterocycles. The number of sulfonamides is 1. The van der Waals surface area contributed by atoms with Gasteiger partial charge in [-0.2, -0.15) is 4.31 Å². The second-order valence-electron chi connectivity index (χ2n) is 7.63. The summed E-state index contributed by atoms with van der Waals surface area (Å²) < 4.78 is 28.6. The van der Waals surface area contributed by atoms with Crippen molar-refractivity contribution in [2.75, 3.05) is 25.4 Å². The van der Waals surface area contributed by atoms with E-state index in [4.69, 9.17) is 0 Å². The lowest BCUT2D eigenvalue weighted by molar-refractivity contribution is -0.118. The Morgan fingerprint density at radius 1 is 1.00 bits per heavy atom. The number of nitrogens with zero attached hydrogens (tertiary/aromatic N) is 4. The third-order valence-electron chi connectivity index (χ3n) is 5.29. The number of rotatable bonds is 12. The zero-order chi connectivity index (χ0) is 25.4. The standard InChI is InChI=1S/C24H29N5O4S2/c1-4-28(5-2)35(32,33)21-13-11-19(12-14-21)22(31)17-34-24-27-26-23(15-16-25-18(3)30)29(24)20-9-7-6-8-10-20/h6-14H,4-5,15-17H2,1-3H3,(H,25,30). The molecule has 3 rings (SSSR count). The summed E-state index contributed by atoms with van der Waals surface area (Å²) in [5, 5.41) is 11.9. The van der Waals surface area contributed by atoms with Crippen molar-refractivity contribution in [3.8, 4) is 5.69 Å². The van der Waals surface area contributed by atoms with Crippen LogP contribution in [-0.4, -0.2) is 64.6 Å². The van der Waals surface area contributed by atoms with Crippen LogP contribution in [0.2, 0.25) is 0 Å². The van der Waals surface area contributed by atoms with Crippen LogP contribution < -0.4 is 5.32 Å². The van der Waals surface area contributed by atoms with Crippen molar-refractivity contribution in [3.63, 3.8) is 0 Å². The first-order valence-corrected chi connectivity index (χ1v) is 13.7. The zero-order valence-corrected chi connectivity index (χ0v) is 21.6. The maximum Gasteiger partial charge on any atom is 0.243 e. The lowest BCUT2D eigenvalue weighted by atomic mass is 10.1. The Morgan fingerprint density at radius 3 is 2.26 bits per heavy atom. The van der Waals surface area contributed by atoms with Gasteiger partial charge in [0.25, 0.3) is 0 Å². The van der Waals surface area contributed by atoms with Crippen molar-refractivity contribution in [2.45, 2.75) is 37.2 Å². The molecule has 1 heterocycles. The van der Waals surface area contributed by atoms with E-state index >= 15 is 0 Å². The van der Waals surface area contributed by atoms with Gasteiger partial charge in [0.15, 0.2) is 10.9 Å². The average molecular weight is 516 g/mol. The molecule has 0 aliphatic carbocycles. The topological polar surface area (TPSA) is 114 Å². The van der Waals surface area contributed by atoms with E-state index < -0.39 is 10.0 Å². The van der Waals surface area contributed by atoms with Crippen LogP contribution in [0, 0.1) is 0 Å². The van der Waals surface area contributed by atoms with Gasteiger partial charge < -0.3 is 5.32 Å². The quantitative estimate of drug-likeness (QED) is 0.291. The van der Waals surface area contributed by atoms with Gasteiger partial charge in [-0.3, -0.25) is 14.2 Å². The van der Waals surface area contributed by atoms with E-state index in [0.717, 1.165) is 5.69 Å². The molecule has 186 valence electrons. The second-order valence-corrected chi connectivity index (χ2v) is 10.5. The first-order valence-electron chi connectivity index (χ1n) is 11.3. The van der Waals surface area contributed by atoms with E-state index in [1.165, 1.54) is 35.1 Å². The number of para-hydroxylation sites is 1. The van der Waals surface area contributed by atoms with E-state index in [1.54, 1.807) is 26.0 Å². The summed E-state index contributed by atoms with van der Waals surface area (Å²) in [5.41, 5.74) is 1.28. The van der Waals surface area contributed by atoms with Crippen molar-refractivity contribution < 1.29 is 18.0 Å². The number of hydrogen-bond donors (Lipinski definition) is 1. The Labute approximate surface area is 210 Å². The summed E-state index contributed by atoms with van der Waals surface area (Å²) in [6, 6.07) is 15.6. The molecule has 1 amide bonds. The number of aromatic nitrogens is 3. The fourth-order valence-electron chi connectivity index (χ4n) is 3.48. The van der Waals surface area contributed by atoms with Crippen LogP contribution in [0.1, 0.15) is 37.0 Å². The molecule has 2 aromatic carbocycles. The highest BCUT2D eigenvalue weighted by Gasteiger charge is 2.22. The van der Waals surface area contributed by atoms with Crippen LogP contribution >= 0.6 is 11.8 Å². The molecule has 0 saturated carbocycles. The molecule has 0 bridgehead atoms. The van der Waals surface area contributed by atoms with Gasteiger partial charge in [0.2, 0.25) is 15.9 Å². The number of hydrogen-bond acceptors (Lipinski definition) is 7. The predicted octanol–water partition coefficient (Wildman–Crippen LogP) is 2.95. The van der Waals surface area contributed by atoms with Crippen LogP contribution in [0.3, 0.4) is 0 Å². The Hall–Kier alpha value is -3.02. The molecule has 0 spiro atoms. The summed E-state index contributed by atoms with van der Waals surface area (Å²) in [7, 11) is -3.58. The molecule has 0 aliphatic rings. The molecule has 3 aromatic rings. The van der Waals surface area contributed by atoms with Crippen molar-refractivity contribution in [2.24, 2.45) is 0 Å². The van der Waals surface area contributed by atoms with Crippen molar-refractivity contribution in [1.29, 1.82) is 0 Å². The number of thioether (sulfide) groups is 1. The van der Waals surface area contributed by atoms with Gasteiger partial charge in [-0.1, -0.05) is 55.9 Å². The van der Waals surface area contributed by atoms with Gasteiger partial charge >= 0.3 is 0 Å². The van der Waals surface area contributed by atoms with E-state index in [2.05, 4.69) is 15.5 Å². The largest absolute Gasteiger partial charge is 0.356 e. The molecule has 1 aromatic heterocycles. The molecule has 0 radical (unpaired) electrons. The van der Waals surface area contributed by atoms with E-state index in [1.807, 2.05) is 34.9 Å². The number of amides is 1. The fraction of sp³-hybridized carbons (Fsp3) is 0.333. The third-order valence-corrected chi connectivity index (χ3v) is 8.28. The first kappa shape index (κ1) is 26.6. The summed E-state index contributed by atoms with van der Waals surface area (Å²) in [5.74, 6) is 0.515. The molecule has 11 heteroatoms. The van der Waals surface area contributed by atoms with E-state index in [-0.39, 0.29) is 22.3 Å². The van der Waals surface area contributed by atoms with Gasteiger partial charge in [0.1, 0.15) is 5.82 Å². The SMILES string of the molecule is CCN(CC)S(=O)(=O)c1ccc(C(=O)CSc2nnc(CCNC(C)=O)n2-c2ccccc2)cc1. The predicted molar refractivity (Wildman–Crippen MR) is 135 cm³/mol. The summed E-state index contributed by atoms with van der Waals surface area (Å²) in [6.45, 7) is 6.22. The van der Waals surface area contributed by atoms with Crippen molar-refractivity contribution >= 4 is 33.5 Å². The van der Waals surface area contributed by atoms with Crippen LogP contribution in [0.15, 0.2) is 64.6 Å². The number of ketones is 1. The normalized spacial score (nSPS) is 11.5. The maximum absolute atomic E-state index is 12.8. The summed E-state index contributed by atoms with van der Waals surface area (Å²) in [4.78, 5) is 24.2. The molecule has 0 aliphatic heterocycles. The van der Waals surface area contributed by atoms with Gasteiger partial charge in [0.05, 0.1) is 10.6 Å². The zero-order valence-electron chi connectivity index (χ0n) is 20.0. The Kier molecular flexibility index (Phi) is 9.19. The van der Waals surface area contributed by atoms with Crippen molar-refractivity contribution in [1.82, 2.24) is 24.4 Å². The van der Waals surface area contributed by atoms with Crippen LogP contribution in [-0.2, 0) is 21.2 Å². The fourth-order valence-corrected chi connectivity index (χ4v) is 5.80. The smallest absolute Gasteiger partial charge is 0.243 e. The maximum atomic E-state index is 12.8. The molecule has 1 N–H and O–H groups in total. The van der Waals surface area contributed by atoms with Gasteiger partial charge in [-0.25, -0.2) is 8.42 Å². The van der Waals surface area contributed by atoms with Crippen LogP contribution in [0.4, 0.5) is 0 Å². The minimum absolute atomic E-state index is 0.110. The van der Waals surface area contributed by atoms with E-state index in [9.17, 15) is 18.0 Å². The van der Waals surface area contributed by atoms with Gasteiger partial charge in [-0.15, -0.1) is 10.2 Å². The number of carbonyl (C=O) groups excluding carboxylic acids is 2. The number of Topliss-reactive ketones (excluding diaryl/α,β-unsaturated/α-hetero) is 1. The van der Waals surface area contributed by atoms with Crippen molar-refractivity contribution in [3.05, 3.63) is 66.0 Å². The minimum atomic E-state index is -3.58. The first-order chi connectivity index (χ1) is 16.8. The highest BCUT2D eigenvalue weighted by molar-refractivity contribution is 7.99. The number of benzene rings is 2. The highest BCUT2D eigenvalue weighted by Crippen LogP contribution is 2.24. The molecule has 9 nitrogen and oxygen atoms in total.